The Labute approximate surface area is 252 Å². The maximum Gasteiger partial charge on any atom is 0.255 e. The SMILES string of the molecule is CCCCCCCCCCCCCCCCOc1cc(NC(=O)c2cccc(C[n+]3csc(C)c3)c2)ccc1OC. The van der Waals surface area contributed by atoms with Crippen molar-refractivity contribution in [1.29, 1.82) is 0 Å². The van der Waals surface area contributed by atoms with Gasteiger partial charge in [0.1, 0.15) is 0 Å². The number of ether oxygens (including phenoxy) is 2. The molecule has 0 radical (unpaired) electrons. The smallest absolute Gasteiger partial charge is 0.255 e. The van der Waals surface area contributed by atoms with Crippen molar-refractivity contribution in [3.8, 4) is 11.5 Å². The number of hydrogen-bond acceptors (Lipinski definition) is 4. The van der Waals surface area contributed by atoms with E-state index in [4.69, 9.17) is 9.47 Å². The van der Waals surface area contributed by atoms with E-state index >= 15 is 0 Å². The van der Waals surface area contributed by atoms with Crippen LogP contribution in [0.25, 0.3) is 0 Å². The number of carbonyl (C=O) groups is 1. The summed E-state index contributed by atoms with van der Waals surface area (Å²) in [5.41, 5.74) is 4.52. The Kier molecular flexibility index (Phi) is 15.4. The molecule has 0 unspecified atom stereocenters. The highest BCUT2D eigenvalue weighted by atomic mass is 32.1. The van der Waals surface area contributed by atoms with Gasteiger partial charge in [-0.2, -0.15) is 4.57 Å². The number of anilines is 1. The van der Waals surface area contributed by atoms with Gasteiger partial charge in [-0.05, 0) is 37.6 Å². The molecule has 224 valence electrons. The van der Waals surface area contributed by atoms with Gasteiger partial charge in [0, 0.05) is 22.9 Å². The van der Waals surface area contributed by atoms with Crippen LogP contribution in [0.4, 0.5) is 5.69 Å². The molecule has 0 bridgehead atoms. The summed E-state index contributed by atoms with van der Waals surface area (Å²) in [6.45, 7) is 5.76. The summed E-state index contributed by atoms with van der Waals surface area (Å²) in [6.07, 6.45) is 20.8. The molecule has 41 heavy (non-hydrogen) atoms. The van der Waals surface area contributed by atoms with Crippen molar-refractivity contribution in [2.24, 2.45) is 0 Å². The summed E-state index contributed by atoms with van der Waals surface area (Å²) >= 11 is 1.72. The molecule has 0 fully saturated rings. The molecule has 0 saturated carbocycles. The van der Waals surface area contributed by atoms with Gasteiger partial charge in [-0.3, -0.25) is 4.79 Å². The van der Waals surface area contributed by atoms with Crippen LogP contribution in [0.15, 0.2) is 54.2 Å². The second-order valence-electron chi connectivity index (χ2n) is 11.1. The number of carbonyl (C=O) groups excluding carboxylic acids is 1. The van der Waals surface area contributed by atoms with Gasteiger partial charge in [0.15, 0.2) is 24.2 Å². The quantitative estimate of drug-likeness (QED) is 0.101. The lowest BCUT2D eigenvalue weighted by Gasteiger charge is -2.13. The van der Waals surface area contributed by atoms with Gasteiger partial charge in [-0.15, -0.1) is 0 Å². The molecule has 0 aliphatic heterocycles. The maximum absolute atomic E-state index is 13.0. The number of rotatable bonds is 21. The monoisotopic (exact) mass is 579 g/mol. The van der Waals surface area contributed by atoms with Gasteiger partial charge in [-0.25, -0.2) is 0 Å². The summed E-state index contributed by atoms with van der Waals surface area (Å²) in [7, 11) is 1.64. The summed E-state index contributed by atoms with van der Waals surface area (Å²) in [6, 6.07) is 13.3. The highest BCUT2D eigenvalue weighted by Crippen LogP contribution is 2.31. The zero-order valence-corrected chi connectivity index (χ0v) is 26.4. The van der Waals surface area contributed by atoms with Gasteiger partial charge >= 0.3 is 0 Å². The van der Waals surface area contributed by atoms with Gasteiger partial charge in [0.05, 0.1) is 18.6 Å². The molecule has 1 amide bonds. The molecule has 1 N–H and O–H groups in total. The molecule has 5 nitrogen and oxygen atoms in total. The molecule has 1 aromatic heterocycles. The van der Waals surface area contributed by atoms with E-state index < -0.39 is 0 Å². The zero-order chi connectivity index (χ0) is 29.1. The van der Waals surface area contributed by atoms with E-state index in [-0.39, 0.29) is 5.91 Å². The fraction of sp³-hybridized carbons (Fsp3) is 0.543. The number of aromatic nitrogens is 1. The van der Waals surface area contributed by atoms with E-state index in [0.717, 1.165) is 18.5 Å². The van der Waals surface area contributed by atoms with Crippen molar-refractivity contribution in [2.75, 3.05) is 19.0 Å². The number of aryl methyl sites for hydroxylation is 1. The molecule has 6 heteroatoms. The lowest BCUT2D eigenvalue weighted by molar-refractivity contribution is -0.683. The van der Waals surface area contributed by atoms with Crippen LogP contribution >= 0.6 is 11.3 Å². The van der Waals surface area contributed by atoms with E-state index in [1.54, 1.807) is 18.4 Å². The third-order valence-electron chi connectivity index (χ3n) is 7.45. The van der Waals surface area contributed by atoms with Crippen LogP contribution in [0.2, 0.25) is 0 Å². The largest absolute Gasteiger partial charge is 0.493 e. The Balaban J connectivity index is 1.34. The fourth-order valence-electron chi connectivity index (χ4n) is 5.10. The lowest BCUT2D eigenvalue weighted by atomic mass is 10.0. The predicted molar refractivity (Wildman–Crippen MR) is 172 cm³/mol. The Morgan fingerprint density at radius 1 is 0.829 bits per heavy atom. The average molecular weight is 580 g/mol. The van der Waals surface area contributed by atoms with Crippen molar-refractivity contribution in [2.45, 2.75) is 110 Å². The summed E-state index contributed by atoms with van der Waals surface area (Å²) in [4.78, 5) is 14.3. The first-order valence-electron chi connectivity index (χ1n) is 15.7. The first-order chi connectivity index (χ1) is 20.1. The zero-order valence-electron chi connectivity index (χ0n) is 25.6. The number of methoxy groups -OCH3 is 1. The summed E-state index contributed by atoms with van der Waals surface area (Å²) in [5, 5.41) is 3.02. The maximum atomic E-state index is 13.0. The topological polar surface area (TPSA) is 51.4 Å². The van der Waals surface area contributed by atoms with E-state index in [1.165, 1.54) is 88.3 Å². The third-order valence-corrected chi connectivity index (χ3v) is 8.31. The molecule has 0 saturated heterocycles. The minimum absolute atomic E-state index is 0.138. The first kappa shape index (κ1) is 32.7. The number of amides is 1. The Morgan fingerprint density at radius 3 is 2.10 bits per heavy atom. The number of unbranched alkanes of at least 4 members (excludes halogenated alkanes) is 13. The number of benzene rings is 2. The van der Waals surface area contributed by atoms with Crippen LogP contribution in [0.1, 0.15) is 118 Å². The van der Waals surface area contributed by atoms with Crippen LogP contribution in [0.3, 0.4) is 0 Å². The molecule has 0 spiro atoms. The predicted octanol–water partition coefficient (Wildman–Crippen LogP) is 9.51. The molecular weight excluding hydrogens is 528 g/mol. The van der Waals surface area contributed by atoms with Crippen LogP contribution in [0.5, 0.6) is 11.5 Å². The van der Waals surface area contributed by atoms with Crippen molar-refractivity contribution in [1.82, 2.24) is 0 Å². The van der Waals surface area contributed by atoms with Crippen LogP contribution in [-0.4, -0.2) is 19.6 Å². The second-order valence-corrected chi connectivity index (χ2v) is 12.2. The highest BCUT2D eigenvalue weighted by molar-refractivity contribution is 7.09. The minimum atomic E-state index is -0.138. The van der Waals surface area contributed by atoms with E-state index in [9.17, 15) is 4.79 Å². The summed E-state index contributed by atoms with van der Waals surface area (Å²) in [5.74, 6) is 1.21. The van der Waals surface area contributed by atoms with Crippen molar-refractivity contribution < 1.29 is 18.8 Å². The molecule has 3 aromatic rings. The van der Waals surface area contributed by atoms with Gasteiger partial charge in [0.25, 0.3) is 5.91 Å². The van der Waals surface area contributed by atoms with Crippen LogP contribution in [0, 0.1) is 6.92 Å². The number of nitrogens with zero attached hydrogens (tertiary/aromatic N) is 1. The molecule has 1 heterocycles. The molecule has 0 aliphatic rings. The standard InChI is InChI=1S/C35H50N2O3S/c1-4-5-6-7-8-9-10-11-12-13-14-15-16-17-23-40-34-25-32(21-22-33(34)39-3)36-35(38)31-20-18-19-30(24-31)27-37-26-29(2)41-28-37/h18-22,24-26,28H,4-17,23,27H2,1-3H3/p+1. The van der Waals surface area contributed by atoms with E-state index in [1.807, 2.05) is 42.5 Å². The van der Waals surface area contributed by atoms with Gasteiger partial charge in [-0.1, -0.05) is 114 Å². The third kappa shape index (κ3) is 12.7. The average Bonchev–Trinajstić information content (AvgIpc) is 3.39. The molecule has 0 aliphatic carbocycles. The first-order valence-corrected chi connectivity index (χ1v) is 16.6. The molecule has 0 atom stereocenters. The highest BCUT2D eigenvalue weighted by Gasteiger charge is 2.12. The normalized spacial score (nSPS) is 11.0. The number of hydrogen-bond donors (Lipinski definition) is 1. The van der Waals surface area contributed by atoms with E-state index in [2.05, 4.69) is 35.4 Å². The Bertz CT molecular complexity index is 1160. The lowest BCUT2D eigenvalue weighted by Crippen LogP contribution is -2.30. The van der Waals surface area contributed by atoms with E-state index in [0.29, 0.717) is 29.4 Å². The molecule has 2 aromatic carbocycles. The van der Waals surface area contributed by atoms with Gasteiger partial charge < -0.3 is 14.8 Å². The second kappa shape index (κ2) is 19.3. The Hall–Kier alpha value is -2.86. The van der Waals surface area contributed by atoms with Crippen LogP contribution in [-0.2, 0) is 6.54 Å². The van der Waals surface area contributed by atoms with Crippen molar-refractivity contribution in [3.63, 3.8) is 0 Å². The van der Waals surface area contributed by atoms with Crippen molar-refractivity contribution >= 4 is 22.9 Å². The molecule has 3 rings (SSSR count). The van der Waals surface area contributed by atoms with Crippen LogP contribution < -0.4 is 19.4 Å². The molecular formula is C35H51N2O3S+. The van der Waals surface area contributed by atoms with Crippen molar-refractivity contribution in [3.05, 3.63) is 70.2 Å². The summed E-state index contributed by atoms with van der Waals surface area (Å²) < 4.78 is 13.7. The number of nitrogens with one attached hydrogen (secondary N) is 1. The number of thiazole rings is 1. The Morgan fingerprint density at radius 2 is 1.49 bits per heavy atom. The van der Waals surface area contributed by atoms with Gasteiger partial charge in [0.2, 0.25) is 5.51 Å². The minimum Gasteiger partial charge on any atom is -0.493 e. The fourth-order valence-corrected chi connectivity index (χ4v) is 5.73.